The first kappa shape index (κ1) is 15.1. The van der Waals surface area contributed by atoms with Gasteiger partial charge in [0.15, 0.2) is 0 Å². The molecular weight excluding hydrogens is 272 g/mol. The second kappa shape index (κ2) is 5.97. The molecule has 0 spiro atoms. The molecule has 1 fully saturated rings. The van der Waals surface area contributed by atoms with Crippen LogP contribution in [0, 0.1) is 0 Å². The Balaban J connectivity index is 2.20. The van der Waals surface area contributed by atoms with Crippen molar-refractivity contribution in [2.24, 2.45) is 5.73 Å². The molecule has 0 aliphatic carbocycles. The monoisotopic (exact) mass is 294 g/mol. The number of hydrogen-bond donors (Lipinski definition) is 2. The van der Waals surface area contributed by atoms with Crippen molar-refractivity contribution in [2.45, 2.75) is 38.3 Å². The zero-order valence-electron chi connectivity index (χ0n) is 12.2. The fourth-order valence-corrected chi connectivity index (χ4v) is 2.74. The van der Waals surface area contributed by atoms with Crippen molar-refractivity contribution >= 4 is 22.9 Å². The average molecular weight is 294 g/mol. The molecule has 4 nitrogen and oxygen atoms in total. The summed E-state index contributed by atoms with van der Waals surface area (Å²) in [4.78, 5) is 0.390. The second-order valence-corrected chi connectivity index (χ2v) is 6.16. The average Bonchev–Trinajstić information content (AvgIpc) is 2.37. The summed E-state index contributed by atoms with van der Waals surface area (Å²) < 4.78 is 11.0. The molecule has 0 bridgehead atoms. The third-order valence-corrected chi connectivity index (χ3v) is 3.77. The summed E-state index contributed by atoms with van der Waals surface area (Å²) in [6.45, 7) is 4.98. The molecule has 1 aliphatic rings. The van der Waals surface area contributed by atoms with Gasteiger partial charge in [-0.05, 0) is 38.8 Å². The van der Waals surface area contributed by atoms with Gasteiger partial charge in [0.1, 0.15) is 10.7 Å². The number of methoxy groups -OCH3 is 1. The Labute approximate surface area is 125 Å². The molecule has 1 heterocycles. The lowest BCUT2D eigenvalue weighted by atomic mass is 9.93. The summed E-state index contributed by atoms with van der Waals surface area (Å²) in [5.41, 5.74) is 7.47. The van der Waals surface area contributed by atoms with E-state index in [-0.39, 0.29) is 5.60 Å². The first-order chi connectivity index (χ1) is 9.41. The first-order valence-electron chi connectivity index (χ1n) is 6.79. The van der Waals surface area contributed by atoms with Crippen LogP contribution in [0.15, 0.2) is 18.2 Å². The molecule has 0 aromatic heterocycles. The van der Waals surface area contributed by atoms with E-state index in [1.807, 2.05) is 18.2 Å². The maximum absolute atomic E-state index is 5.79. The summed E-state index contributed by atoms with van der Waals surface area (Å²) in [6, 6.07) is 6.05. The summed E-state index contributed by atoms with van der Waals surface area (Å²) in [5.74, 6) is 0.791. The number of anilines is 1. The molecule has 5 heteroatoms. The van der Waals surface area contributed by atoms with Crippen molar-refractivity contribution in [1.29, 1.82) is 0 Å². The highest BCUT2D eigenvalue weighted by Crippen LogP contribution is 2.29. The maximum Gasteiger partial charge on any atom is 0.120 e. The molecule has 1 aromatic rings. The highest BCUT2D eigenvalue weighted by Gasteiger charge is 2.29. The molecule has 2 rings (SSSR count). The minimum atomic E-state index is -0.0990. The molecule has 110 valence electrons. The van der Waals surface area contributed by atoms with Crippen LogP contribution < -0.4 is 15.8 Å². The van der Waals surface area contributed by atoms with Gasteiger partial charge in [-0.25, -0.2) is 0 Å². The predicted octanol–water partition coefficient (Wildman–Crippen LogP) is 2.70. The Morgan fingerprint density at radius 1 is 1.50 bits per heavy atom. The van der Waals surface area contributed by atoms with Crippen LogP contribution >= 0.6 is 12.2 Å². The number of hydrogen-bond acceptors (Lipinski definition) is 4. The lowest BCUT2D eigenvalue weighted by Gasteiger charge is -2.36. The van der Waals surface area contributed by atoms with Gasteiger partial charge in [0, 0.05) is 30.0 Å². The van der Waals surface area contributed by atoms with Gasteiger partial charge in [0.2, 0.25) is 0 Å². The van der Waals surface area contributed by atoms with Gasteiger partial charge in [0.25, 0.3) is 0 Å². The number of ether oxygens (including phenoxy) is 2. The van der Waals surface area contributed by atoms with Crippen LogP contribution in [-0.4, -0.2) is 30.3 Å². The van der Waals surface area contributed by atoms with Crippen molar-refractivity contribution in [1.82, 2.24) is 0 Å². The van der Waals surface area contributed by atoms with E-state index in [2.05, 4.69) is 19.2 Å². The molecule has 1 saturated heterocycles. The predicted molar refractivity (Wildman–Crippen MR) is 85.6 cm³/mol. The van der Waals surface area contributed by atoms with Gasteiger partial charge in [0.05, 0.1) is 12.7 Å². The second-order valence-electron chi connectivity index (χ2n) is 5.72. The summed E-state index contributed by atoms with van der Waals surface area (Å²) in [6.07, 6.45) is 1.92. The van der Waals surface area contributed by atoms with Gasteiger partial charge in [-0.3, -0.25) is 0 Å². The summed E-state index contributed by atoms with van der Waals surface area (Å²) in [7, 11) is 1.65. The lowest BCUT2D eigenvalue weighted by molar-refractivity contribution is -0.0553. The number of thiocarbonyl (C=S) groups is 1. The zero-order chi connectivity index (χ0) is 14.8. The zero-order valence-corrected chi connectivity index (χ0v) is 13.0. The Hall–Kier alpha value is -1.33. The van der Waals surface area contributed by atoms with Gasteiger partial charge in [-0.1, -0.05) is 12.2 Å². The van der Waals surface area contributed by atoms with Crippen LogP contribution in [-0.2, 0) is 4.74 Å². The minimum Gasteiger partial charge on any atom is -0.497 e. The molecule has 0 amide bonds. The van der Waals surface area contributed by atoms with E-state index in [0.29, 0.717) is 11.0 Å². The van der Waals surface area contributed by atoms with Crippen molar-refractivity contribution in [3.8, 4) is 5.75 Å². The highest BCUT2D eigenvalue weighted by molar-refractivity contribution is 7.80. The molecule has 1 aromatic carbocycles. The highest BCUT2D eigenvalue weighted by atomic mass is 32.1. The number of nitrogens with two attached hydrogens (primary N) is 1. The van der Waals surface area contributed by atoms with E-state index in [9.17, 15) is 0 Å². The largest absolute Gasteiger partial charge is 0.497 e. The molecular formula is C15H22N2O2S. The van der Waals surface area contributed by atoms with Crippen LogP contribution in [0.1, 0.15) is 32.3 Å². The number of nitrogens with one attached hydrogen (secondary N) is 1. The molecule has 0 radical (unpaired) electrons. The Kier molecular flexibility index (Phi) is 4.50. The normalized spacial score (nSPS) is 21.2. The van der Waals surface area contributed by atoms with Crippen LogP contribution in [0.2, 0.25) is 0 Å². The Bertz CT molecular complexity index is 503. The van der Waals surface area contributed by atoms with E-state index < -0.39 is 0 Å². The molecule has 20 heavy (non-hydrogen) atoms. The Morgan fingerprint density at radius 3 is 2.85 bits per heavy atom. The maximum atomic E-state index is 5.79. The first-order valence-corrected chi connectivity index (χ1v) is 7.20. The van der Waals surface area contributed by atoms with Crippen molar-refractivity contribution in [2.75, 3.05) is 19.0 Å². The molecule has 1 unspecified atom stereocenters. The third kappa shape index (κ3) is 3.61. The van der Waals surface area contributed by atoms with E-state index >= 15 is 0 Å². The molecule has 1 aliphatic heterocycles. The van der Waals surface area contributed by atoms with Gasteiger partial charge < -0.3 is 20.5 Å². The van der Waals surface area contributed by atoms with E-state index in [1.165, 1.54) is 0 Å². The smallest absolute Gasteiger partial charge is 0.120 e. The quantitative estimate of drug-likeness (QED) is 0.836. The van der Waals surface area contributed by atoms with Crippen LogP contribution in [0.25, 0.3) is 0 Å². The SMILES string of the molecule is COc1ccc(C(N)=S)c(NC2CCOC(C)(C)C2)c1. The van der Waals surface area contributed by atoms with E-state index in [1.54, 1.807) is 7.11 Å². The van der Waals surface area contributed by atoms with E-state index in [0.717, 1.165) is 36.4 Å². The van der Waals surface area contributed by atoms with Crippen molar-refractivity contribution in [3.05, 3.63) is 23.8 Å². The lowest BCUT2D eigenvalue weighted by Crippen LogP contribution is -2.40. The van der Waals surface area contributed by atoms with Gasteiger partial charge >= 0.3 is 0 Å². The van der Waals surface area contributed by atoms with Gasteiger partial charge in [-0.2, -0.15) is 0 Å². The molecule has 1 atom stereocenters. The van der Waals surface area contributed by atoms with Crippen LogP contribution in [0.5, 0.6) is 5.75 Å². The third-order valence-electron chi connectivity index (χ3n) is 3.55. The molecule has 3 N–H and O–H groups in total. The van der Waals surface area contributed by atoms with Crippen molar-refractivity contribution in [3.63, 3.8) is 0 Å². The molecule has 0 saturated carbocycles. The summed E-state index contributed by atoms with van der Waals surface area (Å²) >= 11 is 5.11. The summed E-state index contributed by atoms with van der Waals surface area (Å²) in [5, 5.41) is 3.53. The fourth-order valence-electron chi connectivity index (χ4n) is 2.56. The van der Waals surface area contributed by atoms with Crippen molar-refractivity contribution < 1.29 is 9.47 Å². The number of benzene rings is 1. The number of rotatable bonds is 4. The topological polar surface area (TPSA) is 56.5 Å². The van der Waals surface area contributed by atoms with Gasteiger partial charge in [-0.15, -0.1) is 0 Å². The van der Waals surface area contributed by atoms with Crippen LogP contribution in [0.3, 0.4) is 0 Å². The standard InChI is InChI=1S/C15H22N2O2S/c1-15(2)9-10(6-7-19-15)17-13-8-11(18-3)4-5-12(13)14(16)20/h4-5,8,10,17H,6-7,9H2,1-3H3,(H2,16,20). The minimum absolute atomic E-state index is 0.0990. The van der Waals surface area contributed by atoms with E-state index in [4.69, 9.17) is 27.4 Å². The van der Waals surface area contributed by atoms with Crippen LogP contribution in [0.4, 0.5) is 5.69 Å². The fraction of sp³-hybridized carbons (Fsp3) is 0.533. The Morgan fingerprint density at radius 2 is 2.25 bits per heavy atom.